The summed E-state index contributed by atoms with van der Waals surface area (Å²) in [5, 5.41) is 8.90. The molecule has 0 aliphatic carbocycles. The van der Waals surface area contributed by atoms with Crippen molar-refractivity contribution in [2.24, 2.45) is 10.2 Å². The third-order valence-electron chi connectivity index (χ3n) is 5.01. The summed E-state index contributed by atoms with van der Waals surface area (Å²) in [5.41, 5.74) is 8.05. The van der Waals surface area contributed by atoms with Crippen LogP contribution >= 0.6 is 0 Å². The Hall–Kier alpha value is -3.89. The molecular formula is C24H21FN4O4S. The molecule has 3 N–H and O–H groups in total. The lowest BCUT2D eigenvalue weighted by molar-refractivity contribution is 0.317. The second-order valence-electron chi connectivity index (χ2n) is 7.42. The Morgan fingerprint density at radius 1 is 1.06 bits per heavy atom. The van der Waals surface area contributed by atoms with Crippen molar-refractivity contribution in [2.45, 2.75) is 18.2 Å². The van der Waals surface area contributed by atoms with Gasteiger partial charge >= 0.3 is 0 Å². The van der Waals surface area contributed by atoms with E-state index in [4.69, 9.17) is 10.5 Å². The first-order chi connectivity index (χ1) is 16.3. The molecule has 0 fully saturated rings. The zero-order chi connectivity index (χ0) is 24.3. The number of benzene rings is 3. The van der Waals surface area contributed by atoms with Crippen LogP contribution in [-0.2, 0) is 10.1 Å². The van der Waals surface area contributed by atoms with E-state index in [2.05, 4.69) is 15.2 Å². The van der Waals surface area contributed by atoms with Gasteiger partial charge in [0.25, 0.3) is 10.1 Å². The molecule has 4 rings (SSSR count). The largest absolute Gasteiger partial charge is 0.493 e. The van der Waals surface area contributed by atoms with Crippen molar-refractivity contribution in [3.8, 4) is 17.0 Å². The first-order valence-corrected chi connectivity index (χ1v) is 11.8. The van der Waals surface area contributed by atoms with Crippen LogP contribution in [-0.4, -0.2) is 24.6 Å². The second-order valence-corrected chi connectivity index (χ2v) is 8.81. The number of hydrogen-bond acceptors (Lipinski definition) is 7. The molecule has 0 aliphatic rings. The highest BCUT2D eigenvalue weighted by Crippen LogP contribution is 2.37. The minimum absolute atomic E-state index is 0.0872. The van der Waals surface area contributed by atoms with E-state index >= 15 is 0 Å². The van der Waals surface area contributed by atoms with E-state index in [-0.39, 0.29) is 21.7 Å². The van der Waals surface area contributed by atoms with Crippen molar-refractivity contribution >= 4 is 38.0 Å². The third kappa shape index (κ3) is 4.87. The summed E-state index contributed by atoms with van der Waals surface area (Å²) in [6.45, 7) is 2.40. The number of anilines is 1. The van der Waals surface area contributed by atoms with Gasteiger partial charge in [0.1, 0.15) is 27.8 Å². The lowest BCUT2D eigenvalue weighted by Gasteiger charge is -2.11. The third-order valence-corrected chi connectivity index (χ3v) is 5.90. The molecule has 0 saturated heterocycles. The highest BCUT2D eigenvalue weighted by atomic mass is 32.2. The summed E-state index contributed by atoms with van der Waals surface area (Å²) >= 11 is 0. The zero-order valence-corrected chi connectivity index (χ0v) is 19.0. The topological polar surface area (TPSA) is 127 Å². The van der Waals surface area contributed by atoms with Gasteiger partial charge in [0.05, 0.1) is 24.2 Å². The Labute approximate surface area is 195 Å². The number of nitrogens with zero attached hydrogens (tertiary/aromatic N) is 3. The molecule has 0 saturated carbocycles. The van der Waals surface area contributed by atoms with E-state index in [0.717, 1.165) is 6.42 Å². The van der Waals surface area contributed by atoms with Crippen molar-refractivity contribution in [3.05, 3.63) is 72.7 Å². The summed E-state index contributed by atoms with van der Waals surface area (Å²) in [5.74, 6) is -0.0112. The SMILES string of the molecule is CCCOc1cc(F)ccc1-c1ccc(N=Nc2cc(S(=O)(=O)O)c3ccccc3c2N)cn1. The van der Waals surface area contributed by atoms with Crippen LogP contribution in [0.2, 0.25) is 0 Å². The van der Waals surface area contributed by atoms with Gasteiger partial charge in [-0.25, -0.2) is 4.39 Å². The van der Waals surface area contributed by atoms with E-state index in [1.807, 2.05) is 6.92 Å². The van der Waals surface area contributed by atoms with Gasteiger partial charge in [-0.05, 0) is 36.8 Å². The maximum Gasteiger partial charge on any atom is 0.295 e. The van der Waals surface area contributed by atoms with E-state index in [9.17, 15) is 17.4 Å². The van der Waals surface area contributed by atoms with Crippen LogP contribution < -0.4 is 10.5 Å². The van der Waals surface area contributed by atoms with Gasteiger partial charge in [-0.3, -0.25) is 9.54 Å². The number of fused-ring (bicyclic) bond motifs is 1. The lowest BCUT2D eigenvalue weighted by atomic mass is 10.1. The molecule has 4 aromatic rings. The molecule has 0 unspecified atom stereocenters. The first-order valence-electron chi connectivity index (χ1n) is 10.4. The molecule has 0 radical (unpaired) electrons. The van der Waals surface area contributed by atoms with Gasteiger partial charge in [0.15, 0.2) is 0 Å². The summed E-state index contributed by atoms with van der Waals surface area (Å²) in [6.07, 6.45) is 2.24. The number of azo groups is 1. The zero-order valence-electron chi connectivity index (χ0n) is 18.1. The normalized spacial score (nSPS) is 11.9. The number of halogens is 1. The maximum atomic E-state index is 13.7. The number of nitrogens with two attached hydrogens (primary N) is 1. The van der Waals surface area contributed by atoms with Gasteiger partial charge in [-0.15, -0.1) is 10.2 Å². The van der Waals surface area contributed by atoms with E-state index in [1.165, 1.54) is 24.4 Å². The van der Waals surface area contributed by atoms with Crippen LogP contribution in [0.1, 0.15) is 13.3 Å². The molecule has 1 heterocycles. The van der Waals surface area contributed by atoms with Crippen molar-refractivity contribution in [2.75, 3.05) is 12.3 Å². The van der Waals surface area contributed by atoms with Crippen LogP contribution in [0, 0.1) is 5.82 Å². The average molecular weight is 481 g/mol. The fourth-order valence-electron chi connectivity index (χ4n) is 3.40. The minimum Gasteiger partial charge on any atom is -0.493 e. The van der Waals surface area contributed by atoms with Crippen molar-refractivity contribution < 1.29 is 22.1 Å². The first kappa shape index (κ1) is 23.3. The molecule has 3 aromatic carbocycles. The Bertz CT molecular complexity index is 1490. The maximum absolute atomic E-state index is 13.7. The van der Waals surface area contributed by atoms with Crippen LogP contribution in [0.5, 0.6) is 5.75 Å². The monoisotopic (exact) mass is 480 g/mol. The summed E-state index contributed by atoms with van der Waals surface area (Å²) in [4.78, 5) is 4.06. The molecule has 8 nitrogen and oxygen atoms in total. The quantitative estimate of drug-likeness (QED) is 0.188. The minimum atomic E-state index is -4.51. The fraction of sp³-hybridized carbons (Fsp3) is 0.125. The lowest BCUT2D eigenvalue weighted by Crippen LogP contribution is -2.01. The van der Waals surface area contributed by atoms with Crippen LogP contribution in [0.25, 0.3) is 22.0 Å². The van der Waals surface area contributed by atoms with Crippen molar-refractivity contribution in [1.29, 1.82) is 0 Å². The van der Waals surface area contributed by atoms with Gasteiger partial charge in [-0.2, -0.15) is 8.42 Å². The second kappa shape index (κ2) is 9.54. The Morgan fingerprint density at radius 2 is 1.82 bits per heavy atom. The number of aromatic nitrogens is 1. The van der Waals surface area contributed by atoms with E-state index in [1.54, 1.807) is 42.5 Å². The van der Waals surface area contributed by atoms with Gasteiger partial charge in [0, 0.05) is 22.4 Å². The standard InChI is InChI=1S/C24H21FN4O4S/c1-2-11-33-22-12-15(25)7-9-19(22)20-10-8-16(14-27-20)28-29-21-13-23(34(30,31)32)17-5-3-4-6-18(17)24(21)26/h3-10,12-14H,2,11,26H2,1H3,(H,30,31,32). The predicted octanol–water partition coefficient (Wildman–Crippen LogP) is 6.07. The number of hydrogen-bond donors (Lipinski definition) is 2. The molecular weight excluding hydrogens is 459 g/mol. The molecule has 10 heteroatoms. The van der Waals surface area contributed by atoms with Gasteiger partial charge in [-0.1, -0.05) is 31.2 Å². The number of nitrogen functional groups attached to an aromatic ring is 1. The number of pyridine rings is 1. The molecule has 34 heavy (non-hydrogen) atoms. The Balaban J connectivity index is 1.67. The fourth-order valence-corrected chi connectivity index (χ4v) is 4.12. The number of rotatable bonds is 7. The van der Waals surface area contributed by atoms with Crippen LogP contribution in [0.3, 0.4) is 0 Å². The highest BCUT2D eigenvalue weighted by molar-refractivity contribution is 7.86. The smallest absolute Gasteiger partial charge is 0.295 e. The van der Waals surface area contributed by atoms with Crippen LogP contribution in [0.15, 0.2) is 82.0 Å². The number of ether oxygens (including phenoxy) is 1. The molecule has 0 bridgehead atoms. The summed E-state index contributed by atoms with van der Waals surface area (Å²) in [7, 11) is -4.51. The highest BCUT2D eigenvalue weighted by Gasteiger charge is 2.18. The molecule has 1 aromatic heterocycles. The Kier molecular flexibility index (Phi) is 6.53. The molecule has 0 spiro atoms. The van der Waals surface area contributed by atoms with E-state index < -0.39 is 15.9 Å². The van der Waals surface area contributed by atoms with E-state index in [0.29, 0.717) is 34.7 Å². The summed E-state index contributed by atoms with van der Waals surface area (Å²) in [6, 6.07) is 15.3. The van der Waals surface area contributed by atoms with Crippen LogP contribution in [0.4, 0.5) is 21.5 Å². The molecule has 0 amide bonds. The predicted molar refractivity (Wildman–Crippen MR) is 128 cm³/mol. The summed E-state index contributed by atoms with van der Waals surface area (Å²) < 4.78 is 52.7. The van der Waals surface area contributed by atoms with Crippen molar-refractivity contribution in [3.63, 3.8) is 0 Å². The van der Waals surface area contributed by atoms with Crippen molar-refractivity contribution in [1.82, 2.24) is 4.98 Å². The average Bonchev–Trinajstić information content (AvgIpc) is 2.82. The molecule has 174 valence electrons. The van der Waals surface area contributed by atoms with Gasteiger partial charge in [0.2, 0.25) is 0 Å². The molecule has 0 aliphatic heterocycles. The van der Waals surface area contributed by atoms with Gasteiger partial charge < -0.3 is 10.5 Å². The Morgan fingerprint density at radius 3 is 2.50 bits per heavy atom. The molecule has 0 atom stereocenters.